The van der Waals surface area contributed by atoms with Crippen molar-refractivity contribution in [3.8, 4) is 0 Å². The van der Waals surface area contributed by atoms with E-state index in [2.05, 4.69) is 0 Å². The summed E-state index contributed by atoms with van der Waals surface area (Å²) < 4.78 is 10.4. The number of likely N-dealkylation sites (tertiary alicyclic amines) is 2. The minimum Gasteiger partial charge on any atom is -0.385 e. The quantitative estimate of drug-likeness (QED) is 0.711. The fourth-order valence-electron chi connectivity index (χ4n) is 4.15. The van der Waals surface area contributed by atoms with Crippen LogP contribution in [0.15, 0.2) is 0 Å². The zero-order chi connectivity index (χ0) is 16.9. The summed E-state index contributed by atoms with van der Waals surface area (Å²) in [6.07, 6.45) is 3.27. The predicted octanol–water partition coefficient (Wildman–Crippen LogP) is 0.788. The molecule has 0 unspecified atom stereocenters. The van der Waals surface area contributed by atoms with Crippen LogP contribution < -0.4 is 0 Å². The molecule has 7 nitrogen and oxygen atoms in total. The van der Waals surface area contributed by atoms with Gasteiger partial charge in [-0.3, -0.25) is 4.79 Å². The Morgan fingerprint density at radius 3 is 2.75 bits per heavy atom. The molecule has 0 bridgehead atoms. The number of carbonyl (C=O) groups excluding carboxylic acids is 2. The summed E-state index contributed by atoms with van der Waals surface area (Å²) in [4.78, 5) is 30.9. The molecule has 0 aromatic carbocycles. The van der Waals surface area contributed by atoms with Gasteiger partial charge in [0.2, 0.25) is 5.91 Å². The van der Waals surface area contributed by atoms with Crippen LogP contribution in [0.25, 0.3) is 0 Å². The number of carbonyl (C=O) groups is 2. The Kier molecular flexibility index (Phi) is 5.94. The molecular formula is C17H29N3O4. The van der Waals surface area contributed by atoms with E-state index in [0.29, 0.717) is 45.2 Å². The predicted molar refractivity (Wildman–Crippen MR) is 88.7 cm³/mol. The minimum absolute atomic E-state index is 0.139. The van der Waals surface area contributed by atoms with Crippen molar-refractivity contribution in [2.45, 2.75) is 31.7 Å². The lowest BCUT2D eigenvalue weighted by Gasteiger charge is -2.48. The highest BCUT2D eigenvalue weighted by Gasteiger charge is 2.40. The van der Waals surface area contributed by atoms with Crippen LogP contribution in [0.5, 0.6) is 0 Å². The third kappa shape index (κ3) is 3.83. The summed E-state index contributed by atoms with van der Waals surface area (Å²) in [6, 6.07) is 0.427. The van der Waals surface area contributed by atoms with E-state index in [9.17, 15) is 9.59 Å². The molecule has 3 fully saturated rings. The van der Waals surface area contributed by atoms with Crippen molar-refractivity contribution in [1.82, 2.24) is 14.7 Å². The molecule has 0 aliphatic carbocycles. The standard InChI is InChI=1S/C17H29N3O4/c1-23-10-2-6-20-15-5-7-19(13-14(15)3-4-16(20)21)17(22)18-8-11-24-12-9-18/h14-15H,2-13H2,1H3/t14-,15+/m0/s1. The second-order valence-electron chi connectivity index (χ2n) is 6.92. The number of amides is 3. The molecule has 0 N–H and O–H groups in total. The van der Waals surface area contributed by atoms with Gasteiger partial charge in [-0.05, 0) is 25.2 Å². The molecule has 3 amide bonds. The Morgan fingerprint density at radius 1 is 1.21 bits per heavy atom. The molecule has 7 heteroatoms. The molecule has 2 atom stereocenters. The van der Waals surface area contributed by atoms with Gasteiger partial charge in [0, 0.05) is 58.9 Å². The second kappa shape index (κ2) is 8.16. The Balaban J connectivity index is 1.57. The van der Waals surface area contributed by atoms with Gasteiger partial charge in [-0.15, -0.1) is 0 Å². The second-order valence-corrected chi connectivity index (χ2v) is 6.92. The highest BCUT2D eigenvalue weighted by Crippen LogP contribution is 2.31. The zero-order valence-corrected chi connectivity index (χ0v) is 14.6. The van der Waals surface area contributed by atoms with Crippen LogP contribution in [0.3, 0.4) is 0 Å². The van der Waals surface area contributed by atoms with Gasteiger partial charge in [-0.1, -0.05) is 0 Å². The van der Waals surface area contributed by atoms with E-state index in [-0.39, 0.29) is 18.0 Å². The molecule has 0 aromatic heterocycles. The first kappa shape index (κ1) is 17.5. The Bertz CT molecular complexity index is 453. The van der Waals surface area contributed by atoms with Gasteiger partial charge < -0.3 is 24.2 Å². The maximum Gasteiger partial charge on any atom is 0.320 e. The van der Waals surface area contributed by atoms with Gasteiger partial charge >= 0.3 is 6.03 Å². The molecule has 136 valence electrons. The Hall–Kier alpha value is -1.34. The van der Waals surface area contributed by atoms with Crippen LogP contribution in [-0.2, 0) is 14.3 Å². The zero-order valence-electron chi connectivity index (χ0n) is 14.6. The Morgan fingerprint density at radius 2 is 2.00 bits per heavy atom. The number of hydrogen-bond acceptors (Lipinski definition) is 4. The summed E-state index contributed by atoms with van der Waals surface area (Å²) in [5.74, 6) is 0.671. The van der Waals surface area contributed by atoms with E-state index in [4.69, 9.17) is 9.47 Å². The summed E-state index contributed by atoms with van der Waals surface area (Å²) in [5.41, 5.74) is 0. The number of fused-ring (bicyclic) bond motifs is 1. The molecule has 0 radical (unpaired) electrons. The molecule has 3 aliphatic heterocycles. The lowest BCUT2D eigenvalue weighted by molar-refractivity contribution is -0.140. The van der Waals surface area contributed by atoms with Crippen molar-refractivity contribution in [2.24, 2.45) is 5.92 Å². The maximum atomic E-state index is 12.7. The first-order valence-electron chi connectivity index (χ1n) is 9.10. The van der Waals surface area contributed by atoms with E-state index in [1.165, 1.54) is 0 Å². The first-order valence-corrected chi connectivity index (χ1v) is 9.10. The van der Waals surface area contributed by atoms with Crippen molar-refractivity contribution in [3.05, 3.63) is 0 Å². The van der Waals surface area contributed by atoms with E-state index in [0.717, 1.165) is 38.9 Å². The van der Waals surface area contributed by atoms with Crippen LogP contribution in [0.2, 0.25) is 0 Å². The number of piperidine rings is 2. The third-order valence-corrected chi connectivity index (χ3v) is 5.44. The fraction of sp³-hybridized carbons (Fsp3) is 0.882. The van der Waals surface area contributed by atoms with Gasteiger partial charge in [0.15, 0.2) is 0 Å². The van der Waals surface area contributed by atoms with Gasteiger partial charge in [0.1, 0.15) is 0 Å². The largest absolute Gasteiger partial charge is 0.385 e. The topological polar surface area (TPSA) is 62.3 Å². The third-order valence-electron chi connectivity index (χ3n) is 5.44. The molecule has 0 saturated carbocycles. The molecular weight excluding hydrogens is 310 g/mol. The van der Waals surface area contributed by atoms with E-state index >= 15 is 0 Å². The number of ether oxygens (including phenoxy) is 2. The summed E-state index contributed by atoms with van der Waals surface area (Å²) in [7, 11) is 1.69. The maximum absolute atomic E-state index is 12.7. The SMILES string of the molecule is COCCCN1C(=O)CC[C@H]2CN(C(=O)N3CCOCC3)CC[C@H]21. The van der Waals surface area contributed by atoms with Crippen LogP contribution in [0.4, 0.5) is 4.79 Å². The van der Waals surface area contributed by atoms with Crippen LogP contribution >= 0.6 is 0 Å². The first-order chi connectivity index (χ1) is 11.7. The summed E-state index contributed by atoms with van der Waals surface area (Å²) >= 11 is 0. The highest BCUT2D eigenvalue weighted by molar-refractivity contribution is 5.78. The monoisotopic (exact) mass is 339 g/mol. The summed E-state index contributed by atoms with van der Waals surface area (Å²) in [6.45, 7) is 5.60. The van der Waals surface area contributed by atoms with Crippen LogP contribution in [0, 0.1) is 5.92 Å². The van der Waals surface area contributed by atoms with Crippen LogP contribution in [-0.4, -0.2) is 92.3 Å². The average molecular weight is 339 g/mol. The fourth-order valence-corrected chi connectivity index (χ4v) is 4.15. The van der Waals surface area contributed by atoms with Crippen molar-refractivity contribution in [3.63, 3.8) is 0 Å². The van der Waals surface area contributed by atoms with Crippen molar-refractivity contribution in [2.75, 3.05) is 59.7 Å². The number of methoxy groups -OCH3 is 1. The smallest absolute Gasteiger partial charge is 0.320 e. The van der Waals surface area contributed by atoms with Gasteiger partial charge in [-0.25, -0.2) is 4.79 Å². The van der Waals surface area contributed by atoms with Crippen molar-refractivity contribution >= 4 is 11.9 Å². The molecule has 0 spiro atoms. The molecule has 3 rings (SSSR count). The Labute approximate surface area is 143 Å². The lowest BCUT2D eigenvalue weighted by atomic mass is 9.83. The van der Waals surface area contributed by atoms with Gasteiger partial charge in [0.25, 0.3) is 0 Å². The molecule has 3 aliphatic rings. The van der Waals surface area contributed by atoms with E-state index in [1.807, 2.05) is 14.7 Å². The molecule has 3 saturated heterocycles. The number of rotatable bonds is 4. The number of hydrogen-bond donors (Lipinski definition) is 0. The molecule has 24 heavy (non-hydrogen) atoms. The number of morpholine rings is 1. The number of nitrogens with zero attached hydrogens (tertiary/aromatic N) is 3. The van der Waals surface area contributed by atoms with Gasteiger partial charge in [0.05, 0.1) is 13.2 Å². The van der Waals surface area contributed by atoms with E-state index in [1.54, 1.807) is 7.11 Å². The van der Waals surface area contributed by atoms with Crippen molar-refractivity contribution < 1.29 is 19.1 Å². The normalized spacial score (nSPS) is 28.0. The molecule has 3 heterocycles. The van der Waals surface area contributed by atoms with Crippen LogP contribution in [0.1, 0.15) is 25.7 Å². The lowest BCUT2D eigenvalue weighted by Crippen LogP contribution is -2.59. The molecule has 0 aromatic rings. The number of urea groups is 1. The van der Waals surface area contributed by atoms with E-state index < -0.39 is 0 Å². The average Bonchev–Trinajstić information content (AvgIpc) is 2.63. The minimum atomic E-state index is 0.139. The van der Waals surface area contributed by atoms with Crippen molar-refractivity contribution in [1.29, 1.82) is 0 Å². The summed E-state index contributed by atoms with van der Waals surface area (Å²) in [5, 5.41) is 0. The van der Waals surface area contributed by atoms with Gasteiger partial charge in [-0.2, -0.15) is 0 Å². The highest BCUT2D eigenvalue weighted by atomic mass is 16.5.